The maximum atomic E-state index is 12.9. The SMILES string of the molecule is O=C(Nc1ccc(Cl)cc1C(F)(F)F)c1ccc(S)cc1. The zero-order valence-corrected chi connectivity index (χ0v) is 12.1. The fourth-order valence-corrected chi connectivity index (χ4v) is 1.99. The van der Waals surface area contributed by atoms with Crippen molar-refractivity contribution in [2.75, 3.05) is 5.32 Å². The fourth-order valence-electron chi connectivity index (χ4n) is 1.67. The van der Waals surface area contributed by atoms with E-state index in [4.69, 9.17) is 11.6 Å². The number of hydrogen-bond donors (Lipinski definition) is 2. The predicted molar refractivity (Wildman–Crippen MR) is 78.1 cm³/mol. The van der Waals surface area contributed by atoms with Gasteiger partial charge in [0.25, 0.3) is 5.91 Å². The van der Waals surface area contributed by atoms with Gasteiger partial charge in [0, 0.05) is 15.5 Å². The van der Waals surface area contributed by atoms with Crippen LogP contribution in [0.5, 0.6) is 0 Å². The molecule has 0 aromatic heterocycles. The van der Waals surface area contributed by atoms with Crippen LogP contribution in [-0.2, 0) is 6.18 Å². The summed E-state index contributed by atoms with van der Waals surface area (Å²) in [6.45, 7) is 0. The first-order valence-corrected chi connectivity index (χ1v) is 6.57. The van der Waals surface area contributed by atoms with Gasteiger partial charge < -0.3 is 5.32 Å². The van der Waals surface area contributed by atoms with Gasteiger partial charge in [0.05, 0.1) is 11.3 Å². The molecule has 0 bridgehead atoms. The summed E-state index contributed by atoms with van der Waals surface area (Å²) < 4.78 is 38.7. The van der Waals surface area contributed by atoms with Crippen molar-refractivity contribution in [1.82, 2.24) is 0 Å². The number of amides is 1. The van der Waals surface area contributed by atoms with E-state index in [0.717, 1.165) is 12.1 Å². The molecule has 2 aromatic rings. The average molecular weight is 332 g/mol. The summed E-state index contributed by atoms with van der Waals surface area (Å²) in [6.07, 6.45) is -4.61. The molecular formula is C14H9ClF3NOS. The highest BCUT2D eigenvalue weighted by atomic mass is 35.5. The Balaban J connectivity index is 2.31. The normalized spacial score (nSPS) is 11.3. The number of hydrogen-bond acceptors (Lipinski definition) is 2. The Morgan fingerprint density at radius 3 is 2.29 bits per heavy atom. The first-order valence-electron chi connectivity index (χ1n) is 5.74. The van der Waals surface area contributed by atoms with Gasteiger partial charge in [-0.2, -0.15) is 13.2 Å². The van der Waals surface area contributed by atoms with Crippen molar-refractivity contribution in [1.29, 1.82) is 0 Å². The monoisotopic (exact) mass is 331 g/mol. The van der Waals surface area contributed by atoms with E-state index in [-0.39, 0.29) is 16.3 Å². The molecule has 2 aromatic carbocycles. The molecule has 0 unspecified atom stereocenters. The van der Waals surface area contributed by atoms with Crippen LogP contribution in [0.4, 0.5) is 18.9 Å². The van der Waals surface area contributed by atoms with Crippen molar-refractivity contribution in [3.8, 4) is 0 Å². The topological polar surface area (TPSA) is 29.1 Å². The Morgan fingerprint density at radius 1 is 1.10 bits per heavy atom. The van der Waals surface area contributed by atoms with Crippen LogP contribution in [0.3, 0.4) is 0 Å². The number of nitrogens with one attached hydrogen (secondary N) is 1. The number of thiol groups is 1. The lowest BCUT2D eigenvalue weighted by atomic mass is 10.1. The first kappa shape index (κ1) is 15.7. The second-order valence-corrected chi connectivity index (χ2v) is 5.14. The van der Waals surface area contributed by atoms with Gasteiger partial charge in [0.2, 0.25) is 0 Å². The lowest BCUT2D eigenvalue weighted by Crippen LogP contribution is -2.16. The Bertz CT molecular complexity index is 671. The number of anilines is 1. The molecule has 0 heterocycles. The van der Waals surface area contributed by atoms with Crippen LogP contribution in [0.1, 0.15) is 15.9 Å². The Hall–Kier alpha value is -1.66. The summed E-state index contributed by atoms with van der Waals surface area (Å²) >= 11 is 9.64. The molecule has 1 N–H and O–H groups in total. The number of alkyl halides is 3. The van der Waals surface area contributed by atoms with E-state index < -0.39 is 17.6 Å². The van der Waals surface area contributed by atoms with Gasteiger partial charge in [-0.3, -0.25) is 4.79 Å². The molecule has 0 fully saturated rings. The van der Waals surface area contributed by atoms with Crippen LogP contribution in [0.15, 0.2) is 47.4 Å². The van der Waals surface area contributed by atoms with E-state index in [2.05, 4.69) is 17.9 Å². The van der Waals surface area contributed by atoms with E-state index >= 15 is 0 Å². The molecular weight excluding hydrogens is 323 g/mol. The number of carbonyl (C=O) groups is 1. The highest BCUT2D eigenvalue weighted by Gasteiger charge is 2.34. The highest BCUT2D eigenvalue weighted by Crippen LogP contribution is 2.36. The smallest absolute Gasteiger partial charge is 0.321 e. The van der Waals surface area contributed by atoms with Crippen molar-refractivity contribution in [2.45, 2.75) is 11.1 Å². The minimum atomic E-state index is -4.61. The summed E-state index contributed by atoms with van der Waals surface area (Å²) in [7, 11) is 0. The second kappa shape index (κ2) is 5.99. The van der Waals surface area contributed by atoms with Crippen molar-refractivity contribution < 1.29 is 18.0 Å². The average Bonchev–Trinajstić information content (AvgIpc) is 2.40. The van der Waals surface area contributed by atoms with Gasteiger partial charge in [-0.25, -0.2) is 0 Å². The van der Waals surface area contributed by atoms with Crippen LogP contribution in [-0.4, -0.2) is 5.91 Å². The van der Waals surface area contributed by atoms with Gasteiger partial charge in [0.1, 0.15) is 0 Å². The van der Waals surface area contributed by atoms with Crippen molar-refractivity contribution in [2.24, 2.45) is 0 Å². The van der Waals surface area contributed by atoms with Gasteiger partial charge in [-0.05, 0) is 42.5 Å². The Labute approximate surface area is 129 Å². The number of rotatable bonds is 2. The molecule has 21 heavy (non-hydrogen) atoms. The van der Waals surface area contributed by atoms with Crippen molar-refractivity contribution in [3.05, 3.63) is 58.6 Å². The molecule has 0 saturated heterocycles. The molecule has 0 atom stereocenters. The van der Waals surface area contributed by atoms with Crippen LogP contribution in [0, 0.1) is 0 Å². The Morgan fingerprint density at radius 2 is 1.71 bits per heavy atom. The summed E-state index contributed by atoms with van der Waals surface area (Å²) in [5.74, 6) is -0.642. The summed E-state index contributed by atoms with van der Waals surface area (Å²) in [6, 6.07) is 9.27. The number of halogens is 4. The quantitative estimate of drug-likeness (QED) is 0.753. The Kier molecular flexibility index (Phi) is 4.49. The second-order valence-electron chi connectivity index (χ2n) is 4.19. The van der Waals surface area contributed by atoms with Crippen LogP contribution < -0.4 is 5.32 Å². The van der Waals surface area contributed by atoms with Crippen LogP contribution in [0.2, 0.25) is 5.02 Å². The van der Waals surface area contributed by atoms with E-state index in [1.54, 1.807) is 12.1 Å². The summed E-state index contributed by atoms with van der Waals surface area (Å²) in [5, 5.41) is 2.18. The van der Waals surface area contributed by atoms with Gasteiger partial charge in [-0.1, -0.05) is 11.6 Å². The molecule has 0 saturated carbocycles. The standard InChI is InChI=1S/C14H9ClF3NOS/c15-9-3-6-12(11(7-9)14(16,17)18)19-13(20)8-1-4-10(21)5-2-8/h1-7,21H,(H,19,20). The molecule has 0 spiro atoms. The van der Waals surface area contributed by atoms with E-state index in [9.17, 15) is 18.0 Å². The lowest BCUT2D eigenvalue weighted by molar-refractivity contribution is -0.136. The largest absolute Gasteiger partial charge is 0.418 e. The van der Waals surface area contributed by atoms with Gasteiger partial charge in [-0.15, -0.1) is 12.6 Å². The number of carbonyl (C=O) groups excluding carboxylic acids is 1. The first-order chi connectivity index (χ1) is 9.77. The minimum absolute atomic E-state index is 0.0558. The summed E-state index contributed by atoms with van der Waals surface area (Å²) in [5.41, 5.74) is -1.10. The van der Waals surface area contributed by atoms with Crippen LogP contribution >= 0.6 is 24.2 Å². The third kappa shape index (κ3) is 3.92. The summed E-state index contributed by atoms with van der Waals surface area (Å²) in [4.78, 5) is 12.6. The number of benzene rings is 2. The van der Waals surface area contributed by atoms with Gasteiger partial charge in [0.15, 0.2) is 0 Å². The minimum Gasteiger partial charge on any atom is -0.321 e. The van der Waals surface area contributed by atoms with Gasteiger partial charge >= 0.3 is 6.18 Å². The van der Waals surface area contributed by atoms with Crippen molar-refractivity contribution in [3.63, 3.8) is 0 Å². The maximum absolute atomic E-state index is 12.9. The van der Waals surface area contributed by atoms with E-state index in [1.165, 1.54) is 18.2 Å². The molecule has 0 aliphatic carbocycles. The third-order valence-corrected chi connectivity index (χ3v) is 3.20. The molecule has 110 valence electrons. The van der Waals surface area contributed by atoms with Crippen LogP contribution in [0.25, 0.3) is 0 Å². The molecule has 7 heteroatoms. The predicted octanol–water partition coefficient (Wildman–Crippen LogP) is 4.90. The highest BCUT2D eigenvalue weighted by molar-refractivity contribution is 7.80. The van der Waals surface area contributed by atoms with E-state index in [1.807, 2.05) is 0 Å². The third-order valence-electron chi connectivity index (χ3n) is 2.66. The molecule has 2 nitrogen and oxygen atoms in total. The lowest BCUT2D eigenvalue weighted by Gasteiger charge is -2.14. The zero-order valence-electron chi connectivity index (χ0n) is 10.4. The van der Waals surface area contributed by atoms with E-state index in [0.29, 0.717) is 4.90 Å². The molecule has 1 amide bonds. The fraction of sp³-hybridized carbons (Fsp3) is 0.0714. The molecule has 0 radical (unpaired) electrons. The van der Waals surface area contributed by atoms with Crippen molar-refractivity contribution >= 4 is 35.8 Å². The maximum Gasteiger partial charge on any atom is 0.418 e. The zero-order chi connectivity index (χ0) is 15.6. The molecule has 0 aliphatic rings. The molecule has 2 rings (SSSR count). The molecule has 0 aliphatic heterocycles.